The van der Waals surface area contributed by atoms with E-state index in [1.165, 1.54) is 44.5 Å². The lowest BCUT2D eigenvalue weighted by Crippen LogP contribution is -2.27. The number of nitro groups is 1. The maximum atomic E-state index is 12.8. The summed E-state index contributed by atoms with van der Waals surface area (Å²) in [5.41, 5.74) is 1.40. The van der Waals surface area contributed by atoms with Crippen LogP contribution in [0.5, 0.6) is 5.75 Å². The van der Waals surface area contributed by atoms with Gasteiger partial charge in [-0.1, -0.05) is 6.07 Å². The molecule has 0 saturated heterocycles. The van der Waals surface area contributed by atoms with Crippen LogP contribution in [0, 0.1) is 24.0 Å². The average molecular weight is 350 g/mol. The van der Waals surface area contributed by atoms with Crippen LogP contribution in [-0.4, -0.2) is 27.5 Å². The van der Waals surface area contributed by atoms with E-state index in [2.05, 4.69) is 0 Å². The first kappa shape index (κ1) is 17.7. The molecule has 0 aliphatic rings. The van der Waals surface area contributed by atoms with Gasteiger partial charge in [-0.05, 0) is 43.2 Å². The summed E-state index contributed by atoms with van der Waals surface area (Å²) in [7, 11) is -0.964. The summed E-state index contributed by atoms with van der Waals surface area (Å²) >= 11 is 0. The van der Waals surface area contributed by atoms with Crippen LogP contribution in [0.15, 0.2) is 41.3 Å². The molecule has 0 radical (unpaired) electrons. The lowest BCUT2D eigenvalue weighted by atomic mass is 10.2. The van der Waals surface area contributed by atoms with Crippen molar-refractivity contribution < 1.29 is 18.1 Å². The van der Waals surface area contributed by atoms with Crippen molar-refractivity contribution in [3.8, 4) is 5.75 Å². The third-order valence-corrected chi connectivity index (χ3v) is 5.53. The van der Waals surface area contributed by atoms with Gasteiger partial charge in [0.05, 0.1) is 22.6 Å². The van der Waals surface area contributed by atoms with Crippen molar-refractivity contribution in [1.29, 1.82) is 0 Å². The van der Waals surface area contributed by atoms with Crippen molar-refractivity contribution in [3.63, 3.8) is 0 Å². The van der Waals surface area contributed by atoms with E-state index in [1.54, 1.807) is 19.9 Å². The molecule has 2 aromatic rings. The standard InChI is InChI=1S/C16H18N2O5S/c1-11-5-6-13(18(19)20)10-15(11)17(3)24(21,22)14-7-8-16(23-4)12(2)9-14/h5-10H,1-4H3. The van der Waals surface area contributed by atoms with Crippen molar-refractivity contribution in [2.24, 2.45) is 0 Å². The minimum absolute atomic E-state index is 0.0919. The number of anilines is 1. The first-order chi connectivity index (χ1) is 11.2. The van der Waals surface area contributed by atoms with E-state index in [4.69, 9.17) is 4.74 Å². The average Bonchev–Trinajstić information content (AvgIpc) is 2.54. The van der Waals surface area contributed by atoms with E-state index in [1.807, 2.05) is 0 Å². The number of aryl methyl sites for hydroxylation is 2. The molecule has 0 heterocycles. The van der Waals surface area contributed by atoms with Gasteiger partial charge in [0.25, 0.3) is 15.7 Å². The molecule has 7 nitrogen and oxygen atoms in total. The molecule has 8 heteroatoms. The van der Waals surface area contributed by atoms with Crippen molar-refractivity contribution in [3.05, 3.63) is 57.6 Å². The molecule has 0 N–H and O–H groups in total. The second kappa shape index (κ2) is 6.48. The number of non-ortho nitro benzene ring substituents is 1. The number of sulfonamides is 1. The molecule has 0 spiro atoms. The summed E-state index contributed by atoms with van der Waals surface area (Å²) in [6.07, 6.45) is 0. The number of rotatable bonds is 5. The molecule has 0 amide bonds. The number of methoxy groups -OCH3 is 1. The molecule has 0 atom stereocenters. The topological polar surface area (TPSA) is 89.8 Å². The van der Waals surface area contributed by atoms with Crippen molar-refractivity contribution >= 4 is 21.4 Å². The fraction of sp³-hybridized carbons (Fsp3) is 0.250. The van der Waals surface area contributed by atoms with Crippen LogP contribution >= 0.6 is 0 Å². The number of benzene rings is 2. The quantitative estimate of drug-likeness (QED) is 0.611. The van der Waals surface area contributed by atoms with Gasteiger partial charge in [-0.25, -0.2) is 8.42 Å². The molecule has 0 aliphatic carbocycles. The summed E-state index contributed by atoms with van der Waals surface area (Å²) in [4.78, 5) is 10.5. The van der Waals surface area contributed by atoms with Crippen LogP contribution in [0.3, 0.4) is 0 Å². The zero-order valence-corrected chi connectivity index (χ0v) is 14.6. The maximum absolute atomic E-state index is 12.8. The van der Waals surface area contributed by atoms with Crippen LogP contribution < -0.4 is 9.04 Å². The molecule has 0 aromatic heterocycles. The van der Waals surface area contributed by atoms with Crippen molar-refractivity contribution in [2.75, 3.05) is 18.5 Å². The molecule has 0 unspecified atom stereocenters. The summed E-state index contributed by atoms with van der Waals surface area (Å²) < 4.78 is 31.9. The van der Waals surface area contributed by atoms with Crippen molar-refractivity contribution in [2.45, 2.75) is 18.7 Å². The first-order valence-corrected chi connectivity index (χ1v) is 8.51. The minimum Gasteiger partial charge on any atom is -0.496 e. The van der Waals surface area contributed by atoms with Crippen LogP contribution in [-0.2, 0) is 10.0 Å². The molecule has 2 rings (SSSR count). The zero-order chi connectivity index (χ0) is 18.1. The van der Waals surface area contributed by atoms with E-state index in [-0.39, 0.29) is 16.3 Å². The third kappa shape index (κ3) is 3.18. The first-order valence-electron chi connectivity index (χ1n) is 7.07. The van der Waals surface area contributed by atoms with E-state index in [0.717, 1.165) is 4.31 Å². The van der Waals surface area contributed by atoms with Crippen LogP contribution in [0.25, 0.3) is 0 Å². The number of ether oxygens (including phenoxy) is 1. The third-order valence-electron chi connectivity index (χ3n) is 3.77. The molecular formula is C16H18N2O5S. The van der Waals surface area contributed by atoms with Gasteiger partial charge in [0.15, 0.2) is 0 Å². The fourth-order valence-electron chi connectivity index (χ4n) is 2.35. The lowest BCUT2D eigenvalue weighted by molar-refractivity contribution is -0.384. The summed E-state index contributed by atoms with van der Waals surface area (Å²) in [6, 6.07) is 8.66. The summed E-state index contributed by atoms with van der Waals surface area (Å²) in [5, 5.41) is 10.9. The Morgan fingerprint density at radius 3 is 2.29 bits per heavy atom. The molecule has 0 bridgehead atoms. The molecule has 0 aliphatic heterocycles. The Balaban J connectivity index is 2.52. The highest BCUT2D eigenvalue weighted by Crippen LogP contribution is 2.30. The number of nitro benzene ring substituents is 1. The smallest absolute Gasteiger partial charge is 0.271 e. The largest absolute Gasteiger partial charge is 0.496 e. The zero-order valence-electron chi connectivity index (χ0n) is 13.8. The summed E-state index contributed by atoms with van der Waals surface area (Å²) in [6.45, 7) is 3.45. The number of nitrogens with zero attached hydrogens (tertiary/aromatic N) is 2. The van der Waals surface area contributed by atoms with E-state index in [9.17, 15) is 18.5 Å². The van der Waals surface area contributed by atoms with Gasteiger partial charge < -0.3 is 4.74 Å². The van der Waals surface area contributed by atoms with Gasteiger partial charge in [0.1, 0.15) is 5.75 Å². The Hall–Kier alpha value is -2.61. The Kier molecular flexibility index (Phi) is 4.79. The minimum atomic E-state index is -3.85. The Labute approximate surface area is 140 Å². The second-order valence-electron chi connectivity index (χ2n) is 5.33. The van der Waals surface area contributed by atoms with E-state index in [0.29, 0.717) is 16.9 Å². The monoisotopic (exact) mass is 350 g/mol. The lowest BCUT2D eigenvalue weighted by Gasteiger charge is -2.21. The van der Waals surface area contributed by atoms with Gasteiger partial charge in [0.2, 0.25) is 0 Å². The predicted molar refractivity (Wildman–Crippen MR) is 91.2 cm³/mol. The van der Waals surface area contributed by atoms with Crippen LogP contribution in [0.4, 0.5) is 11.4 Å². The Morgan fingerprint density at radius 2 is 1.75 bits per heavy atom. The molecule has 128 valence electrons. The van der Waals surface area contributed by atoms with Gasteiger partial charge in [-0.3, -0.25) is 14.4 Å². The van der Waals surface area contributed by atoms with E-state index >= 15 is 0 Å². The highest BCUT2D eigenvalue weighted by Gasteiger charge is 2.24. The Bertz CT molecular complexity index is 893. The molecule has 24 heavy (non-hydrogen) atoms. The fourth-order valence-corrected chi connectivity index (χ4v) is 3.69. The molecule has 0 fully saturated rings. The predicted octanol–water partition coefficient (Wildman–Crippen LogP) is 3.05. The van der Waals surface area contributed by atoms with Crippen LogP contribution in [0.1, 0.15) is 11.1 Å². The van der Waals surface area contributed by atoms with Gasteiger partial charge in [0, 0.05) is 19.2 Å². The molecule has 2 aromatic carbocycles. The van der Waals surface area contributed by atoms with Gasteiger partial charge >= 0.3 is 0 Å². The van der Waals surface area contributed by atoms with Gasteiger partial charge in [-0.2, -0.15) is 0 Å². The molecule has 0 saturated carbocycles. The number of hydrogen-bond acceptors (Lipinski definition) is 5. The van der Waals surface area contributed by atoms with E-state index < -0.39 is 14.9 Å². The highest BCUT2D eigenvalue weighted by molar-refractivity contribution is 7.92. The molecular weight excluding hydrogens is 332 g/mol. The van der Waals surface area contributed by atoms with Crippen LogP contribution in [0.2, 0.25) is 0 Å². The SMILES string of the molecule is COc1ccc(S(=O)(=O)N(C)c2cc([N+](=O)[O-])ccc2C)cc1C. The summed E-state index contributed by atoms with van der Waals surface area (Å²) in [5.74, 6) is 0.586. The Morgan fingerprint density at radius 1 is 1.08 bits per heavy atom. The normalized spacial score (nSPS) is 11.2. The second-order valence-corrected chi connectivity index (χ2v) is 7.30. The van der Waals surface area contributed by atoms with Crippen molar-refractivity contribution in [1.82, 2.24) is 0 Å². The van der Waals surface area contributed by atoms with Gasteiger partial charge in [-0.15, -0.1) is 0 Å². The number of hydrogen-bond donors (Lipinski definition) is 0. The maximum Gasteiger partial charge on any atom is 0.271 e. The highest BCUT2D eigenvalue weighted by atomic mass is 32.2.